The van der Waals surface area contributed by atoms with Crippen LogP contribution >= 0.6 is 0 Å². The number of hydrogen-bond acceptors (Lipinski definition) is 1. The number of allylic oxidation sites excluding steroid dienone is 4. The molecule has 0 fully saturated rings. The molecule has 1 heteroatoms. The van der Waals surface area contributed by atoms with E-state index in [1.54, 1.807) is 0 Å². The molecule has 0 amide bonds. The van der Waals surface area contributed by atoms with Crippen LogP contribution in [-0.2, 0) is 0 Å². The third-order valence-corrected chi connectivity index (χ3v) is 5.35. The molecule has 1 unspecified atom stereocenters. The van der Waals surface area contributed by atoms with Crippen molar-refractivity contribution in [1.29, 1.82) is 0 Å². The number of rotatable bonds is 11. The molecule has 0 aliphatic carbocycles. The molecule has 2 rings (SSSR count). The Morgan fingerprint density at radius 2 is 1.77 bits per heavy atom. The van der Waals surface area contributed by atoms with Gasteiger partial charge in [-0.1, -0.05) is 87.5 Å². The monoisotopic (exact) mass is 397 g/mol. The molecule has 1 nitrogen and oxygen atoms in total. The quantitative estimate of drug-likeness (QED) is 0.300. The molecule has 0 aliphatic heterocycles. The molecule has 0 heterocycles. The number of benzene rings is 2. The Bertz CT molecular complexity index is 909. The normalized spacial score (nSPS) is 12.9. The lowest BCUT2D eigenvalue weighted by Gasteiger charge is -2.19. The van der Waals surface area contributed by atoms with Gasteiger partial charge >= 0.3 is 0 Å². The molecule has 2 aromatic carbocycles. The second kappa shape index (κ2) is 12.6. The van der Waals surface area contributed by atoms with Gasteiger partial charge in [-0.15, -0.1) is 12.3 Å². The molecule has 0 spiro atoms. The standard InChI is InChI=1S/C29H35N/c1-6-15-24(8-3)22-21-23(5)26(16-7-2)29(25-17-11-10-12-18-25)27-19-13-14-20-28(27)30-9-4/h2,10-14,17-22,24,30H,5-6,8-9,15-16H2,1,3-4H3/b22-21+,29-26+. The summed E-state index contributed by atoms with van der Waals surface area (Å²) in [5.41, 5.74) is 6.68. The van der Waals surface area contributed by atoms with Gasteiger partial charge in [-0.05, 0) is 54.0 Å². The summed E-state index contributed by atoms with van der Waals surface area (Å²) in [5, 5.41) is 3.50. The summed E-state index contributed by atoms with van der Waals surface area (Å²) in [6.07, 6.45) is 14.4. The molecule has 1 N–H and O–H groups in total. The Kier molecular flexibility index (Phi) is 9.75. The van der Waals surface area contributed by atoms with Gasteiger partial charge in [-0.3, -0.25) is 0 Å². The summed E-state index contributed by atoms with van der Waals surface area (Å²) >= 11 is 0. The number of hydrogen-bond donors (Lipinski definition) is 1. The zero-order chi connectivity index (χ0) is 21.8. The molecule has 0 aromatic heterocycles. The van der Waals surface area contributed by atoms with Crippen LogP contribution in [-0.4, -0.2) is 6.54 Å². The van der Waals surface area contributed by atoms with Crippen LogP contribution in [0.3, 0.4) is 0 Å². The third kappa shape index (κ3) is 6.26. The van der Waals surface area contributed by atoms with E-state index in [2.05, 4.69) is 99.3 Å². The van der Waals surface area contributed by atoms with Gasteiger partial charge in [0.2, 0.25) is 0 Å². The molecule has 2 aromatic rings. The van der Waals surface area contributed by atoms with E-state index in [9.17, 15) is 0 Å². The minimum absolute atomic E-state index is 0.540. The maximum Gasteiger partial charge on any atom is 0.0420 e. The summed E-state index contributed by atoms with van der Waals surface area (Å²) in [4.78, 5) is 0. The van der Waals surface area contributed by atoms with Crippen LogP contribution in [0.2, 0.25) is 0 Å². The number of terminal acetylenes is 1. The first-order valence-corrected chi connectivity index (χ1v) is 11.1. The summed E-state index contributed by atoms with van der Waals surface area (Å²) in [6, 6.07) is 18.9. The molecule has 1 atom stereocenters. The zero-order valence-corrected chi connectivity index (χ0v) is 18.7. The van der Waals surface area contributed by atoms with Crippen molar-refractivity contribution in [2.45, 2.75) is 46.5 Å². The minimum atomic E-state index is 0.540. The van der Waals surface area contributed by atoms with Gasteiger partial charge in [-0.25, -0.2) is 0 Å². The molecular weight excluding hydrogens is 362 g/mol. The minimum Gasteiger partial charge on any atom is -0.385 e. The Morgan fingerprint density at radius 3 is 2.40 bits per heavy atom. The number of anilines is 1. The zero-order valence-electron chi connectivity index (χ0n) is 18.7. The van der Waals surface area contributed by atoms with E-state index >= 15 is 0 Å². The Labute approximate surface area is 183 Å². The first-order chi connectivity index (χ1) is 14.7. The molecule has 0 saturated heterocycles. The first-order valence-electron chi connectivity index (χ1n) is 11.1. The van der Waals surface area contributed by atoms with Crippen molar-refractivity contribution in [2.75, 3.05) is 11.9 Å². The predicted molar refractivity (Wildman–Crippen MR) is 133 cm³/mol. The molecule has 0 radical (unpaired) electrons. The van der Waals surface area contributed by atoms with Gasteiger partial charge in [0.1, 0.15) is 0 Å². The fourth-order valence-electron chi connectivity index (χ4n) is 3.77. The second-order valence-electron chi connectivity index (χ2n) is 7.52. The third-order valence-electron chi connectivity index (χ3n) is 5.35. The highest BCUT2D eigenvalue weighted by molar-refractivity contribution is 5.90. The average Bonchev–Trinajstić information content (AvgIpc) is 2.78. The predicted octanol–water partition coefficient (Wildman–Crippen LogP) is 7.88. The lowest BCUT2D eigenvalue weighted by Crippen LogP contribution is -2.03. The van der Waals surface area contributed by atoms with Crippen LogP contribution in [0, 0.1) is 18.3 Å². The van der Waals surface area contributed by atoms with Gasteiger partial charge in [0.15, 0.2) is 0 Å². The van der Waals surface area contributed by atoms with Crippen molar-refractivity contribution in [3.05, 3.63) is 95.6 Å². The highest BCUT2D eigenvalue weighted by Crippen LogP contribution is 2.36. The second-order valence-corrected chi connectivity index (χ2v) is 7.52. The topological polar surface area (TPSA) is 12.0 Å². The SMILES string of the molecule is C#CC/C(C(=C)/C=C/C(CC)CCC)=C(/c1ccccc1)c1ccccc1NCC. The van der Waals surface area contributed by atoms with Gasteiger partial charge in [-0.2, -0.15) is 0 Å². The molecule has 0 aliphatic rings. The van der Waals surface area contributed by atoms with Gasteiger partial charge in [0, 0.05) is 24.2 Å². The van der Waals surface area contributed by atoms with Crippen molar-refractivity contribution < 1.29 is 0 Å². The largest absolute Gasteiger partial charge is 0.385 e. The maximum absolute atomic E-state index is 5.82. The van der Waals surface area contributed by atoms with E-state index in [1.165, 1.54) is 12.8 Å². The van der Waals surface area contributed by atoms with Crippen LogP contribution in [0.4, 0.5) is 5.69 Å². The Hall–Kier alpha value is -2.98. The summed E-state index contributed by atoms with van der Waals surface area (Å²) in [5.74, 6) is 3.45. The van der Waals surface area contributed by atoms with E-state index in [0.29, 0.717) is 12.3 Å². The summed E-state index contributed by atoms with van der Waals surface area (Å²) < 4.78 is 0. The number of para-hydroxylation sites is 1. The van der Waals surface area contributed by atoms with Crippen LogP contribution in [0.15, 0.2) is 84.5 Å². The van der Waals surface area contributed by atoms with Crippen molar-refractivity contribution in [2.24, 2.45) is 5.92 Å². The molecule has 30 heavy (non-hydrogen) atoms. The van der Waals surface area contributed by atoms with E-state index in [1.807, 2.05) is 6.07 Å². The molecule has 0 bridgehead atoms. The lowest BCUT2D eigenvalue weighted by atomic mass is 9.87. The molecular formula is C29H35N. The first kappa shape index (κ1) is 23.3. The Balaban J connectivity index is 2.66. The lowest BCUT2D eigenvalue weighted by molar-refractivity contribution is 0.563. The molecule has 0 saturated carbocycles. The number of nitrogens with one attached hydrogen (secondary N) is 1. The highest BCUT2D eigenvalue weighted by Gasteiger charge is 2.16. The fraction of sp³-hybridized carbons (Fsp3) is 0.310. The van der Waals surface area contributed by atoms with Crippen molar-refractivity contribution in [1.82, 2.24) is 0 Å². The summed E-state index contributed by atoms with van der Waals surface area (Å²) in [7, 11) is 0. The van der Waals surface area contributed by atoms with Crippen molar-refractivity contribution in [3.8, 4) is 12.3 Å². The van der Waals surface area contributed by atoms with E-state index in [4.69, 9.17) is 6.42 Å². The van der Waals surface area contributed by atoms with Gasteiger partial charge in [0.25, 0.3) is 0 Å². The van der Waals surface area contributed by atoms with Crippen molar-refractivity contribution >= 4 is 11.3 Å². The summed E-state index contributed by atoms with van der Waals surface area (Å²) in [6.45, 7) is 11.9. The van der Waals surface area contributed by atoms with Crippen LogP contribution < -0.4 is 5.32 Å². The highest BCUT2D eigenvalue weighted by atomic mass is 14.9. The fourth-order valence-corrected chi connectivity index (χ4v) is 3.77. The van der Waals surface area contributed by atoms with Crippen molar-refractivity contribution in [3.63, 3.8) is 0 Å². The Morgan fingerprint density at radius 1 is 1.07 bits per heavy atom. The van der Waals surface area contributed by atoms with E-state index in [-0.39, 0.29) is 0 Å². The van der Waals surface area contributed by atoms with E-state index in [0.717, 1.165) is 46.5 Å². The smallest absolute Gasteiger partial charge is 0.0420 e. The molecule has 156 valence electrons. The van der Waals surface area contributed by atoms with Gasteiger partial charge < -0.3 is 5.32 Å². The average molecular weight is 398 g/mol. The van der Waals surface area contributed by atoms with Gasteiger partial charge in [0.05, 0.1) is 0 Å². The van der Waals surface area contributed by atoms with Crippen LogP contribution in [0.1, 0.15) is 57.6 Å². The maximum atomic E-state index is 5.82. The van der Waals surface area contributed by atoms with E-state index < -0.39 is 0 Å². The van der Waals surface area contributed by atoms with Crippen LogP contribution in [0.5, 0.6) is 0 Å². The van der Waals surface area contributed by atoms with Crippen LogP contribution in [0.25, 0.3) is 5.57 Å².